The van der Waals surface area contributed by atoms with Gasteiger partial charge in [-0.3, -0.25) is 14.2 Å². The first kappa shape index (κ1) is 20.6. The van der Waals surface area contributed by atoms with Gasteiger partial charge in [0, 0.05) is 15.6 Å². The number of nitrogen functional groups attached to an aromatic ring is 1. The van der Waals surface area contributed by atoms with E-state index in [2.05, 4.69) is 26.2 Å². The lowest BCUT2D eigenvalue weighted by atomic mass is 10.1. The molecular formula is C24H19BrN4O2. The largest absolute Gasteiger partial charge is 0.382 e. The Labute approximate surface area is 187 Å². The van der Waals surface area contributed by atoms with Crippen LogP contribution >= 0.6 is 15.9 Å². The number of anilines is 2. The van der Waals surface area contributed by atoms with Crippen molar-refractivity contribution in [2.45, 2.75) is 6.92 Å². The molecular weight excluding hydrogens is 456 g/mol. The number of amides is 1. The van der Waals surface area contributed by atoms with Gasteiger partial charge in [-0.05, 0) is 43.3 Å². The third-order valence-corrected chi connectivity index (χ3v) is 5.31. The second-order valence-corrected chi connectivity index (χ2v) is 7.91. The zero-order valence-corrected chi connectivity index (χ0v) is 18.3. The summed E-state index contributed by atoms with van der Waals surface area (Å²) in [6.45, 7) is 1.97. The standard InChI is InChI=1S/C24H19BrN4O2/c1-15-7-13-19(14-8-15)29-22(16-9-11-18(25)12-10-16)28-21(26)20(24(29)31)27-23(30)17-5-3-2-4-6-17/h2-14H,26H2,1H3,(H,27,30). The molecule has 7 heteroatoms. The van der Waals surface area contributed by atoms with Crippen LogP contribution in [0.4, 0.5) is 11.5 Å². The summed E-state index contributed by atoms with van der Waals surface area (Å²) < 4.78 is 2.36. The van der Waals surface area contributed by atoms with Crippen molar-refractivity contribution < 1.29 is 4.79 Å². The summed E-state index contributed by atoms with van der Waals surface area (Å²) in [7, 11) is 0. The van der Waals surface area contributed by atoms with Crippen molar-refractivity contribution in [2.75, 3.05) is 11.1 Å². The Morgan fingerprint density at radius 2 is 1.61 bits per heavy atom. The number of aromatic nitrogens is 2. The van der Waals surface area contributed by atoms with E-state index in [9.17, 15) is 9.59 Å². The van der Waals surface area contributed by atoms with Crippen molar-refractivity contribution in [3.63, 3.8) is 0 Å². The molecule has 154 valence electrons. The average molecular weight is 475 g/mol. The summed E-state index contributed by atoms with van der Waals surface area (Å²) in [5.41, 5.74) is 8.43. The fraction of sp³-hybridized carbons (Fsp3) is 0.0417. The smallest absolute Gasteiger partial charge is 0.284 e. The van der Waals surface area contributed by atoms with E-state index in [0.29, 0.717) is 22.6 Å². The SMILES string of the molecule is Cc1ccc(-n2c(-c3ccc(Br)cc3)nc(N)c(NC(=O)c3ccccc3)c2=O)cc1. The van der Waals surface area contributed by atoms with Crippen molar-refractivity contribution in [1.82, 2.24) is 9.55 Å². The number of hydrogen-bond acceptors (Lipinski definition) is 4. The fourth-order valence-electron chi connectivity index (χ4n) is 3.16. The number of nitrogens with one attached hydrogen (secondary N) is 1. The number of carbonyl (C=O) groups excluding carboxylic acids is 1. The molecule has 31 heavy (non-hydrogen) atoms. The van der Waals surface area contributed by atoms with Gasteiger partial charge in [0.25, 0.3) is 11.5 Å². The van der Waals surface area contributed by atoms with Gasteiger partial charge in [0.1, 0.15) is 5.82 Å². The number of rotatable bonds is 4. The van der Waals surface area contributed by atoms with E-state index in [1.807, 2.05) is 61.5 Å². The molecule has 0 aliphatic carbocycles. The summed E-state index contributed by atoms with van der Waals surface area (Å²) in [6.07, 6.45) is 0. The first-order valence-electron chi connectivity index (χ1n) is 9.56. The normalized spacial score (nSPS) is 10.6. The summed E-state index contributed by atoms with van der Waals surface area (Å²) in [4.78, 5) is 30.7. The summed E-state index contributed by atoms with van der Waals surface area (Å²) in [5, 5.41) is 2.64. The highest BCUT2D eigenvalue weighted by Gasteiger charge is 2.20. The van der Waals surface area contributed by atoms with E-state index < -0.39 is 11.5 Å². The van der Waals surface area contributed by atoms with Crippen LogP contribution in [0.25, 0.3) is 17.1 Å². The van der Waals surface area contributed by atoms with Crippen LogP contribution in [0.5, 0.6) is 0 Å². The molecule has 4 aromatic rings. The molecule has 0 fully saturated rings. The zero-order chi connectivity index (χ0) is 22.0. The number of hydrogen-bond donors (Lipinski definition) is 2. The molecule has 4 rings (SSSR count). The van der Waals surface area contributed by atoms with Gasteiger partial charge in [-0.15, -0.1) is 0 Å². The maximum atomic E-state index is 13.5. The van der Waals surface area contributed by atoms with Crippen molar-refractivity contribution in [1.29, 1.82) is 0 Å². The van der Waals surface area contributed by atoms with Crippen molar-refractivity contribution in [3.8, 4) is 17.1 Å². The minimum atomic E-state index is -0.460. The molecule has 1 heterocycles. The first-order chi connectivity index (χ1) is 14.9. The molecule has 0 saturated carbocycles. The third-order valence-electron chi connectivity index (χ3n) is 4.78. The molecule has 0 atom stereocenters. The Hall–Kier alpha value is -3.71. The number of aryl methyl sites for hydroxylation is 1. The lowest BCUT2D eigenvalue weighted by Gasteiger charge is -2.16. The van der Waals surface area contributed by atoms with Gasteiger partial charge < -0.3 is 11.1 Å². The Bertz CT molecular complexity index is 1300. The van der Waals surface area contributed by atoms with Crippen LogP contribution < -0.4 is 16.6 Å². The second kappa shape index (κ2) is 8.57. The monoisotopic (exact) mass is 474 g/mol. The van der Waals surface area contributed by atoms with Gasteiger partial charge >= 0.3 is 0 Å². The molecule has 0 bridgehead atoms. The lowest BCUT2D eigenvalue weighted by Crippen LogP contribution is -2.28. The minimum absolute atomic E-state index is 0.0458. The number of nitrogens with zero attached hydrogens (tertiary/aromatic N) is 2. The van der Waals surface area contributed by atoms with Crippen molar-refractivity contribution in [2.24, 2.45) is 0 Å². The highest BCUT2D eigenvalue weighted by molar-refractivity contribution is 9.10. The van der Waals surface area contributed by atoms with Crippen LogP contribution in [0.15, 0.2) is 88.1 Å². The van der Waals surface area contributed by atoms with Crippen LogP contribution in [-0.4, -0.2) is 15.5 Å². The van der Waals surface area contributed by atoms with E-state index in [4.69, 9.17) is 5.73 Å². The van der Waals surface area contributed by atoms with E-state index in [1.54, 1.807) is 24.3 Å². The van der Waals surface area contributed by atoms with Gasteiger partial charge in [0.15, 0.2) is 11.5 Å². The molecule has 1 aromatic heterocycles. The van der Waals surface area contributed by atoms with Crippen LogP contribution in [0.3, 0.4) is 0 Å². The fourth-order valence-corrected chi connectivity index (χ4v) is 3.42. The maximum Gasteiger partial charge on any atom is 0.284 e. The van der Waals surface area contributed by atoms with Crippen LogP contribution in [0, 0.1) is 6.92 Å². The van der Waals surface area contributed by atoms with Crippen LogP contribution in [0.1, 0.15) is 15.9 Å². The number of halogens is 1. The molecule has 3 aromatic carbocycles. The minimum Gasteiger partial charge on any atom is -0.382 e. The van der Waals surface area contributed by atoms with E-state index >= 15 is 0 Å². The highest BCUT2D eigenvalue weighted by atomic mass is 79.9. The predicted molar refractivity (Wildman–Crippen MR) is 127 cm³/mol. The van der Waals surface area contributed by atoms with Gasteiger partial charge in [0.2, 0.25) is 0 Å². The van der Waals surface area contributed by atoms with Crippen LogP contribution in [0.2, 0.25) is 0 Å². The lowest BCUT2D eigenvalue weighted by molar-refractivity contribution is 0.102. The van der Waals surface area contributed by atoms with Gasteiger partial charge in [0.05, 0.1) is 5.69 Å². The maximum absolute atomic E-state index is 13.5. The molecule has 0 saturated heterocycles. The summed E-state index contributed by atoms with van der Waals surface area (Å²) in [6, 6.07) is 23.5. The molecule has 0 unspecified atom stereocenters. The quantitative estimate of drug-likeness (QED) is 0.444. The second-order valence-electron chi connectivity index (χ2n) is 7.00. The average Bonchev–Trinajstić information content (AvgIpc) is 2.78. The number of benzene rings is 3. The Balaban J connectivity index is 1.89. The Morgan fingerprint density at radius 1 is 0.968 bits per heavy atom. The van der Waals surface area contributed by atoms with E-state index in [1.165, 1.54) is 4.57 Å². The molecule has 0 spiro atoms. The van der Waals surface area contributed by atoms with Gasteiger partial charge in [-0.2, -0.15) is 0 Å². The molecule has 6 nitrogen and oxygen atoms in total. The van der Waals surface area contributed by atoms with Gasteiger partial charge in [-0.1, -0.05) is 64.0 Å². The summed E-state index contributed by atoms with van der Waals surface area (Å²) in [5.74, 6) is -0.0924. The third kappa shape index (κ3) is 4.27. The topological polar surface area (TPSA) is 90.0 Å². The highest BCUT2D eigenvalue weighted by Crippen LogP contribution is 2.25. The Morgan fingerprint density at radius 3 is 2.26 bits per heavy atom. The summed E-state index contributed by atoms with van der Waals surface area (Å²) >= 11 is 3.42. The Kier molecular flexibility index (Phi) is 5.68. The molecule has 0 radical (unpaired) electrons. The molecule has 0 aliphatic rings. The zero-order valence-electron chi connectivity index (χ0n) is 16.7. The molecule has 0 aliphatic heterocycles. The predicted octanol–water partition coefficient (Wildman–Crippen LogP) is 4.80. The van der Waals surface area contributed by atoms with Crippen molar-refractivity contribution in [3.05, 3.63) is 105 Å². The molecule has 1 amide bonds. The molecule has 3 N–H and O–H groups in total. The van der Waals surface area contributed by atoms with E-state index in [0.717, 1.165) is 10.0 Å². The van der Waals surface area contributed by atoms with Crippen LogP contribution in [-0.2, 0) is 0 Å². The van der Waals surface area contributed by atoms with E-state index in [-0.39, 0.29) is 11.5 Å². The van der Waals surface area contributed by atoms with Gasteiger partial charge in [-0.25, -0.2) is 4.98 Å². The van der Waals surface area contributed by atoms with Crippen molar-refractivity contribution >= 4 is 33.3 Å². The number of carbonyl (C=O) groups is 1. The number of nitrogens with two attached hydrogens (primary N) is 1. The first-order valence-corrected chi connectivity index (χ1v) is 10.4.